The summed E-state index contributed by atoms with van der Waals surface area (Å²) < 4.78 is 49.4. The summed E-state index contributed by atoms with van der Waals surface area (Å²) in [5, 5.41) is 2.51. The van der Waals surface area contributed by atoms with Gasteiger partial charge in [0.15, 0.2) is 11.6 Å². The van der Waals surface area contributed by atoms with Crippen LogP contribution in [-0.2, 0) is 6.54 Å². The minimum Gasteiger partial charge on any atom is -0.305 e. The summed E-state index contributed by atoms with van der Waals surface area (Å²) in [7, 11) is 0. The molecule has 0 aliphatic heterocycles. The molecule has 0 amide bonds. The number of hydrogen-bond acceptors (Lipinski definition) is 1. The summed E-state index contributed by atoms with van der Waals surface area (Å²) in [6.45, 7) is 1.41. The maximum atomic E-state index is 12.7. The van der Waals surface area contributed by atoms with Gasteiger partial charge in [-0.3, -0.25) is 0 Å². The first-order valence-electron chi connectivity index (χ1n) is 4.46. The molecular formula is C10H11F4N. The first-order chi connectivity index (χ1) is 7.00. The van der Waals surface area contributed by atoms with E-state index in [-0.39, 0.29) is 6.54 Å². The summed E-state index contributed by atoms with van der Waals surface area (Å²) in [6.07, 6.45) is -2.48. The van der Waals surface area contributed by atoms with Crippen LogP contribution in [0.2, 0.25) is 0 Å². The highest BCUT2D eigenvalue weighted by atomic mass is 19.3. The van der Waals surface area contributed by atoms with Crippen molar-refractivity contribution in [3.63, 3.8) is 0 Å². The van der Waals surface area contributed by atoms with Crippen molar-refractivity contribution in [1.29, 1.82) is 0 Å². The number of nitrogens with one attached hydrogen (secondary N) is 1. The van der Waals surface area contributed by atoms with E-state index in [1.54, 1.807) is 0 Å². The molecule has 1 aromatic carbocycles. The smallest absolute Gasteiger partial charge is 0.253 e. The number of halogens is 4. The van der Waals surface area contributed by atoms with Gasteiger partial charge in [-0.1, -0.05) is 6.07 Å². The second kappa shape index (κ2) is 5.11. The molecule has 0 saturated heterocycles. The maximum absolute atomic E-state index is 12.7. The summed E-state index contributed by atoms with van der Waals surface area (Å²) in [6, 6.07) is 2.34. The van der Waals surface area contributed by atoms with Gasteiger partial charge in [-0.25, -0.2) is 17.6 Å². The van der Waals surface area contributed by atoms with Crippen LogP contribution in [0.15, 0.2) is 18.2 Å². The fraction of sp³-hybridized carbons (Fsp3) is 0.400. The molecule has 0 radical (unpaired) electrons. The summed E-state index contributed by atoms with van der Waals surface area (Å²) in [5.41, 5.74) is 0.432. The van der Waals surface area contributed by atoms with E-state index in [0.717, 1.165) is 12.1 Å². The van der Waals surface area contributed by atoms with Crippen molar-refractivity contribution >= 4 is 0 Å². The highest BCUT2D eigenvalue weighted by Crippen LogP contribution is 2.09. The zero-order valence-corrected chi connectivity index (χ0v) is 8.11. The van der Waals surface area contributed by atoms with E-state index in [0.29, 0.717) is 5.56 Å². The molecule has 0 aliphatic rings. The Morgan fingerprint density at radius 1 is 1.20 bits per heavy atom. The van der Waals surface area contributed by atoms with Crippen LogP contribution in [0, 0.1) is 11.6 Å². The van der Waals surface area contributed by atoms with E-state index < -0.39 is 24.1 Å². The Morgan fingerprint density at radius 2 is 1.87 bits per heavy atom. The minimum atomic E-state index is -2.48. The third-order valence-corrected chi connectivity index (χ3v) is 1.99. The number of hydrogen-bond donors (Lipinski definition) is 1. The van der Waals surface area contributed by atoms with Crippen molar-refractivity contribution in [2.75, 3.05) is 0 Å². The average Bonchev–Trinajstić information content (AvgIpc) is 2.19. The molecule has 0 spiro atoms. The van der Waals surface area contributed by atoms with Crippen LogP contribution in [0.1, 0.15) is 12.5 Å². The Labute approximate surface area is 85.1 Å². The first-order valence-corrected chi connectivity index (χ1v) is 4.46. The molecule has 1 rings (SSSR count). The SMILES string of the molecule is CC(NCc1ccc(F)c(F)c1)C(F)F. The summed E-state index contributed by atoms with van der Waals surface area (Å²) >= 11 is 0. The molecule has 0 aromatic heterocycles. The van der Waals surface area contributed by atoms with Crippen LogP contribution in [0.3, 0.4) is 0 Å². The zero-order valence-electron chi connectivity index (χ0n) is 8.11. The Morgan fingerprint density at radius 3 is 2.40 bits per heavy atom. The van der Waals surface area contributed by atoms with Crippen molar-refractivity contribution in [2.45, 2.75) is 25.9 Å². The van der Waals surface area contributed by atoms with Crippen molar-refractivity contribution in [3.05, 3.63) is 35.4 Å². The van der Waals surface area contributed by atoms with Gasteiger partial charge >= 0.3 is 0 Å². The quantitative estimate of drug-likeness (QED) is 0.771. The van der Waals surface area contributed by atoms with Crippen LogP contribution < -0.4 is 5.32 Å². The Kier molecular flexibility index (Phi) is 4.08. The molecule has 1 aromatic rings. The largest absolute Gasteiger partial charge is 0.305 e. The van der Waals surface area contributed by atoms with Gasteiger partial charge < -0.3 is 5.32 Å². The number of rotatable bonds is 4. The van der Waals surface area contributed by atoms with Crippen molar-refractivity contribution < 1.29 is 17.6 Å². The molecule has 15 heavy (non-hydrogen) atoms. The molecule has 0 saturated carbocycles. The standard InChI is InChI=1S/C10H11F4N/c1-6(10(13)14)15-5-7-2-3-8(11)9(12)4-7/h2-4,6,10,15H,5H2,1H3. The predicted molar refractivity (Wildman–Crippen MR) is 48.7 cm³/mol. The van der Waals surface area contributed by atoms with Crippen LogP contribution in [0.5, 0.6) is 0 Å². The summed E-state index contributed by atoms with van der Waals surface area (Å²) in [4.78, 5) is 0. The number of benzene rings is 1. The lowest BCUT2D eigenvalue weighted by Crippen LogP contribution is -2.31. The van der Waals surface area contributed by atoms with E-state index in [1.165, 1.54) is 13.0 Å². The second-order valence-electron chi connectivity index (χ2n) is 3.25. The number of alkyl halides is 2. The fourth-order valence-corrected chi connectivity index (χ4v) is 1.02. The molecule has 0 fully saturated rings. The minimum absolute atomic E-state index is 0.0860. The molecule has 1 unspecified atom stereocenters. The van der Waals surface area contributed by atoms with Crippen LogP contribution >= 0.6 is 0 Å². The van der Waals surface area contributed by atoms with E-state index in [1.807, 2.05) is 0 Å². The van der Waals surface area contributed by atoms with E-state index in [2.05, 4.69) is 5.32 Å². The Balaban J connectivity index is 2.55. The van der Waals surface area contributed by atoms with E-state index >= 15 is 0 Å². The highest BCUT2D eigenvalue weighted by Gasteiger charge is 2.13. The van der Waals surface area contributed by atoms with Gasteiger partial charge in [0.05, 0.1) is 6.04 Å². The zero-order chi connectivity index (χ0) is 11.4. The second-order valence-corrected chi connectivity index (χ2v) is 3.25. The average molecular weight is 221 g/mol. The molecule has 1 nitrogen and oxygen atoms in total. The lowest BCUT2D eigenvalue weighted by atomic mass is 10.2. The molecule has 0 aliphatic carbocycles. The molecule has 0 bridgehead atoms. The van der Waals surface area contributed by atoms with Gasteiger partial charge in [0.1, 0.15) is 0 Å². The molecule has 0 heterocycles. The topological polar surface area (TPSA) is 12.0 Å². The molecule has 5 heteroatoms. The molecular weight excluding hydrogens is 210 g/mol. The Hall–Kier alpha value is -1.10. The monoisotopic (exact) mass is 221 g/mol. The lowest BCUT2D eigenvalue weighted by molar-refractivity contribution is 0.105. The van der Waals surface area contributed by atoms with Crippen molar-refractivity contribution in [1.82, 2.24) is 5.32 Å². The highest BCUT2D eigenvalue weighted by molar-refractivity contribution is 5.17. The van der Waals surface area contributed by atoms with Crippen molar-refractivity contribution in [3.8, 4) is 0 Å². The van der Waals surface area contributed by atoms with E-state index in [9.17, 15) is 17.6 Å². The molecule has 84 valence electrons. The van der Waals surface area contributed by atoms with Crippen LogP contribution in [0.4, 0.5) is 17.6 Å². The van der Waals surface area contributed by atoms with Gasteiger partial charge in [-0.15, -0.1) is 0 Å². The van der Waals surface area contributed by atoms with Crippen LogP contribution in [-0.4, -0.2) is 12.5 Å². The van der Waals surface area contributed by atoms with Crippen LogP contribution in [0.25, 0.3) is 0 Å². The third kappa shape index (κ3) is 3.51. The third-order valence-electron chi connectivity index (χ3n) is 1.99. The van der Waals surface area contributed by atoms with Gasteiger partial charge in [0.25, 0.3) is 6.43 Å². The van der Waals surface area contributed by atoms with Crippen molar-refractivity contribution in [2.24, 2.45) is 0 Å². The normalized spacial score (nSPS) is 13.2. The van der Waals surface area contributed by atoms with Gasteiger partial charge in [0, 0.05) is 6.54 Å². The summed E-state index contributed by atoms with van der Waals surface area (Å²) in [5.74, 6) is -1.92. The Bertz CT molecular complexity index is 327. The molecule has 1 N–H and O–H groups in total. The molecule has 1 atom stereocenters. The lowest BCUT2D eigenvalue weighted by Gasteiger charge is -2.12. The maximum Gasteiger partial charge on any atom is 0.253 e. The first kappa shape index (κ1) is 12.0. The van der Waals surface area contributed by atoms with Gasteiger partial charge in [-0.05, 0) is 24.6 Å². The predicted octanol–water partition coefficient (Wildman–Crippen LogP) is 2.71. The fourth-order valence-electron chi connectivity index (χ4n) is 1.02. The van der Waals surface area contributed by atoms with Gasteiger partial charge in [0.2, 0.25) is 0 Å². The van der Waals surface area contributed by atoms with E-state index in [4.69, 9.17) is 0 Å². The van der Waals surface area contributed by atoms with Gasteiger partial charge in [-0.2, -0.15) is 0 Å².